The van der Waals surface area contributed by atoms with Crippen molar-refractivity contribution in [3.05, 3.63) is 17.7 Å². The number of aromatic nitrogens is 2. The van der Waals surface area contributed by atoms with Crippen LogP contribution in [0.1, 0.15) is 5.69 Å². The molecule has 0 saturated carbocycles. The van der Waals surface area contributed by atoms with Gasteiger partial charge >= 0.3 is 0 Å². The SMILES string of the molecule is C#CCn1n[c]c(F)c1C. The largest absolute Gasteiger partial charge is 0.254 e. The Morgan fingerprint density at radius 3 is 3.00 bits per heavy atom. The van der Waals surface area contributed by atoms with Crippen molar-refractivity contribution in [3.8, 4) is 12.3 Å². The van der Waals surface area contributed by atoms with Crippen molar-refractivity contribution in [1.29, 1.82) is 0 Å². The van der Waals surface area contributed by atoms with E-state index in [4.69, 9.17) is 6.42 Å². The van der Waals surface area contributed by atoms with Crippen LogP contribution in [0.2, 0.25) is 0 Å². The van der Waals surface area contributed by atoms with Crippen LogP contribution < -0.4 is 0 Å². The summed E-state index contributed by atoms with van der Waals surface area (Å²) < 4.78 is 13.8. The van der Waals surface area contributed by atoms with E-state index in [1.165, 1.54) is 4.68 Å². The molecule has 1 radical (unpaired) electrons. The van der Waals surface area contributed by atoms with Gasteiger partial charge in [0.2, 0.25) is 0 Å². The van der Waals surface area contributed by atoms with E-state index in [2.05, 4.69) is 17.2 Å². The van der Waals surface area contributed by atoms with E-state index in [1.807, 2.05) is 0 Å². The van der Waals surface area contributed by atoms with Crippen LogP contribution in [0, 0.1) is 31.3 Å². The van der Waals surface area contributed by atoms with Gasteiger partial charge in [-0.25, -0.2) is 4.39 Å². The predicted octanol–water partition coefficient (Wildman–Crippen LogP) is 0.764. The standard InChI is InChI=1S/C7H6FN2/c1-3-4-10-6(2)7(8)5-9-10/h1H,4H2,2H3. The molecule has 1 aromatic rings. The number of hydrogen-bond donors (Lipinski definition) is 0. The van der Waals surface area contributed by atoms with Crippen LogP contribution in [-0.2, 0) is 6.54 Å². The van der Waals surface area contributed by atoms with Gasteiger partial charge in [-0.1, -0.05) is 5.92 Å². The van der Waals surface area contributed by atoms with Gasteiger partial charge in [-0.15, -0.1) is 6.42 Å². The van der Waals surface area contributed by atoms with E-state index < -0.39 is 5.82 Å². The highest BCUT2D eigenvalue weighted by molar-refractivity contribution is 5.01. The molecular formula is C7H6FN2. The van der Waals surface area contributed by atoms with E-state index >= 15 is 0 Å². The Labute approximate surface area is 58.7 Å². The van der Waals surface area contributed by atoms with Crippen LogP contribution in [-0.4, -0.2) is 9.78 Å². The Balaban J connectivity index is 2.96. The zero-order valence-corrected chi connectivity index (χ0v) is 5.56. The summed E-state index contributed by atoms with van der Waals surface area (Å²) in [5.41, 5.74) is 0.429. The fraction of sp³-hybridized carbons (Fsp3) is 0.286. The minimum atomic E-state index is -0.435. The lowest BCUT2D eigenvalue weighted by Gasteiger charge is -1.94. The Bertz CT molecular complexity index is 270. The Kier molecular flexibility index (Phi) is 1.72. The van der Waals surface area contributed by atoms with E-state index in [9.17, 15) is 4.39 Å². The smallest absolute Gasteiger partial charge is 0.173 e. The molecule has 1 aromatic heterocycles. The molecule has 0 aliphatic heterocycles. The normalized spacial score (nSPS) is 9.30. The molecule has 0 unspecified atom stereocenters. The summed E-state index contributed by atoms with van der Waals surface area (Å²) in [5.74, 6) is 1.92. The first-order valence-corrected chi connectivity index (χ1v) is 2.79. The highest BCUT2D eigenvalue weighted by atomic mass is 19.1. The molecule has 0 amide bonds. The molecule has 0 spiro atoms. The molecule has 0 aliphatic carbocycles. The molecule has 51 valence electrons. The molecular weight excluding hydrogens is 131 g/mol. The minimum Gasteiger partial charge on any atom is -0.254 e. The highest BCUT2D eigenvalue weighted by Crippen LogP contribution is 2.01. The van der Waals surface area contributed by atoms with E-state index in [1.54, 1.807) is 6.92 Å². The molecule has 0 fully saturated rings. The monoisotopic (exact) mass is 137 g/mol. The Hall–Kier alpha value is -1.30. The van der Waals surface area contributed by atoms with E-state index in [0.717, 1.165) is 0 Å². The molecule has 1 heterocycles. The maximum absolute atomic E-state index is 12.5. The molecule has 0 aromatic carbocycles. The van der Waals surface area contributed by atoms with Gasteiger partial charge in [-0.2, -0.15) is 5.10 Å². The highest BCUT2D eigenvalue weighted by Gasteiger charge is 2.03. The van der Waals surface area contributed by atoms with Gasteiger partial charge in [-0.3, -0.25) is 4.68 Å². The molecule has 0 atom stereocenters. The summed E-state index contributed by atoms with van der Waals surface area (Å²) in [4.78, 5) is 0. The zero-order valence-electron chi connectivity index (χ0n) is 5.56. The lowest BCUT2D eigenvalue weighted by atomic mass is 10.4. The van der Waals surface area contributed by atoms with Gasteiger partial charge in [0, 0.05) is 0 Å². The third kappa shape index (κ3) is 1.01. The second-order valence-corrected chi connectivity index (χ2v) is 1.87. The molecule has 3 heteroatoms. The van der Waals surface area contributed by atoms with Crippen LogP contribution in [0.3, 0.4) is 0 Å². The quantitative estimate of drug-likeness (QED) is 0.522. The zero-order chi connectivity index (χ0) is 7.56. The van der Waals surface area contributed by atoms with Gasteiger partial charge in [0.1, 0.15) is 6.54 Å². The first-order valence-electron chi connectivity index (χ1n) is 2.79. The van der Waals surface area contributed by atoms with Crippen molar-refractivity contribution in [2.45, 2.75) is 13.5 Å². The third-order valence-corrected chi connectivity index (χ3v) is 1.21. The van der Waals surface area contributed by atoms with Crippen molar-refractivity contribution < 1.29 is 4.39 Å². The van der Waals surface area contributed by atoms with Gasteiger partial charge in [0.05, 0.1) is 5.69 Å². The fourth-order valence-corrected chi connectivity index (χ4v) is 0.614. The fourth-order valence-electron chi connectivity index (χ4n) is 0.614. The number of halogens is 1. The average molecular weight is 137 g/mol. The maximum atomic E-state index is 12.5. The van der Waals surface area contributed by atoms with Crippen LogP contribution >= 0.6 is 0 Å². The van der Waals surface area contributed by atoms with Crippen LogP contribution in [0.4, 0.5) is 4.39 Å². The first kappa shape index (κ1) is 6.81. The molecule has 1 rings (SSSR count). The molecule has 2 nitrogen and oxygen atoms in total. The minimum absolute atomic E-state index is 0.298. The second kappa shape index (κ2) is 2.53. The predicted molar refractivity (Wildman–Crippen MR) is 34.6 cm³/mol. The first-order chi connectivity index (χ1) is 4.75. The molecule has 0 saturated heterocycles. The summed E-state index contributed by atoms with van der Waals surface area (Å²) in [5, 5.41) is 3.58. The summed E-state index contributed by atoms with van der Waals surface area (Å²) in [7, 11) is 0. The van der Waals surface area contributed by atoms with E-state index in [0.29, 0.717) is 12.2 Å². The summed E-state index contributed by atoms with van der Waals surface area (Å²) in [6.07, 6.45) is 7.16. The van der Waals surface area contributed by atoms with Crippen LogP contribution in [0.15, 0.2) is 0 Å². The number of terminal acetylenes is 1. The summed E-state index contributed by atoms with van der Waals surface area (Å²) in [6, 6.07) is 0. The lowest BCUT2D eigenvalue weighted by molar-refractivity contribution is 0.604. The van der Waals surface area contributed by atoms with Crippen molar-refractivity contribution in [3.63, 3.8) is 0 Å². The summed E-state index contributed by atoms with van der Waals surface area (Å²) >= 11 is 0. The van der Waals surface area contributed by atoms with Crippen molar-refractivity contribution in [1.82, 2.24) is 9.78 Å². The third-order valence-electron chi connectivity index (χ3n) is 1.21. The average Bonchev–Trinajstić information content (AvgIpc) is 2.20. The molecule has 0 bridgehead atoms. The number of nitrogens with zero attached hydrogens (tertiary/aromatic N) is 2. The summed E-state index contributed by atoms with van der Waals surface area (Å²) in [6.45, 7) is 1.91. The van der Waals surface area contributed by atoms with Crippen LogP contribution in [0.25, 0.3) is 0 Å². The molecule has 10 heavy (non-hydrogen) atoms. The Morgan fingerprint density at radius 2 is 2.60 bits per heavy atom. The van der Waals surface area contributed by atoms with E-state index in [-0.39, 0.29) is 0 Å². The van der Waals surface area contributed by atoms with Crippen molar-refractivity contribution >= 4 is 0 Å². The number of rotatable bonds is 1. The van der Waals surface area contributed by atoms with Crippen molar-refractivity contribution in [2.75, 3.05) is 0 Å². The second-order valence-electron chi connectivity index (χ2n) is 1.87. The van der Waals surface area contributed by atoms with Gasteiger partial charge < -0.3 is 0 Å². The van der Waals surface area contributed by atoms with Crippen molar-refractivity contribution in [2.24, 2.45) is 0 Å². The molecule has 0 N–H and O–H groups in total. The van der Waals surface area contributed by atoms with Gasteiger partial charge in [-0.05, 0) is 6.92 Å². The topological polar surface area (TPSA) is 17.8 Å². The molecule has 0 aliphatic rings. The number of hydrogen-bond acceptors (Lipinski definition) is 1. The lowest BCUT2D eigenvalue weighted by Crippen LogP contribution is -1.99. The van der Waals surface area contributed by atoms with Crippen LogP contribution in [0.5, 0.6) is 0 Å². The van der Waals surface area contributed by atoms with Gasteiger partial charge in [0.25, 0.3) is 0 Å². The maximum Gasteiger partial charge on any atom is 0.173 e. The van der Waals surface area contributed by atoms with Gasteiger partial charge in [0.15, 0.2) is 12.0 Å². The Morgan fingerprint density at radius 1 is 1.90 bits per heavy atom.